The molecular weight excluding hydrogens is 274 g/mol. The summed E-state index contributed by atoms with van der Waals surface area (Å²) < 4.78 is 1.19. The molecule has 0 spiro atoms. The molecule has 2 rings (SSSR count). The SMILES string of the molecule is CNC(C1=CCCCC1)c1ccc(Br)c(C)c1. The van der Waals surface area contributed by atoms with Gasteiger partial charge in [0, 0.05) is 4.47 Å². The largest absolute Gasteiger partial charge is 0.310 e. The second kappa shape index (κ2) is 5.83. The normalized spacial score (nSPS) is 17.7. The van der Waals surface area contributed by atoms with Gasteiger partial charge in [-0.05, 0) is 56.8 Å². The van der Waals surface area contributed by atoms with Crippen molar-refractivity contribution in [2.24, 2.45) is 0 Å². The van der Waals surface area contributed by atoms with E-state index in [0.29, 0.717) is 6.04 Å². The molecule has 1 aliphatic rings. The van der Waals surface area contributed by atoms with Crippen LogP contribution in [0.15, 0.2) is 34.3 Å². The summed E-state index contributed by atoms with van der Waals surface area (Å²) in [7, 11) is 2.05. The van der Waals surface area contributed by atoms with Crippen LogP contribution >= 0.6 is 15.9 Å². The van der Waals surface area contributed by atoms with Gasteiger partial charge in [0.15, 0.2) is 0 Å². The smallest absolute Gasteiger partial charge is 0.0533 e. The summed E-state index contributed by atoms with van der Waals surface area (Å²) in [4.78, 5) is 0. The van der Waals surface area contributed by atoms with E-state index in [2.05, 4.69) is 59.5 Å². The lowest BCUT2D eigenvalue weighted by molar-refractivity contribution is 0.593. The molecule has 0 aliphatic heterocycles. The maximum atomic E-state index is 3.56. The van der Waals surface area contributed by atoms with Gasteiger partial charge in [-0.1, -0.05) is 39.7 Å². The summed E-state index contributed by atoms with van der Waals surface area (Å²) in [5.41, 5.74) is 4.24. The molecular formula is C15H20BrN. The highest BCUT2D eigenvalue weighted by Gasteiger charge is 2.16. The zero-order valence-electron chi connectivity index (χ0n) is 10.6. The van der Waals surface area contributed by atoms with E-state index in [4.69, 9.17) is 0 Å². The number of hydrogen-bond donors (Lipinski definition) is 1. The first-order chi connectivity index (χ1) is 8.22. The molecule has 0 aromatic heterocycles. The Morgan fingerprint density at radius 3 is 2.71 bits per heavy atom. The monoisotopic (exact) mass is 293 g/mol. The van der Waals surface area contributed by atoms with E-state index in [1.807, 2.05) is 0 Å². The molecule has 1 aromatic carbocycles. The minimum atomic E-state index is 0.391. The van der Waals surface area contributed by atoms with Crippen LogP contribution in [0.4, 0.5) is 0 Å². The number of nitrogens with one attached hydrogen (secondary N) is 1. The Balaban J connectivity index is 2.28. The van der Waals surface area contributed by atoms with Crippen LogP contribution in [0.3, 0.4) is 0 Å². The van der Waals surface area contributed by atoms with Crippen LogP contribution in [0, 0.1) is 6.92 Å². The number of hydrogen-bond acceptors (Lipinski definition) is 1. The first-order valence-corrected chi connectivity index (χ1v) is 7.14. The van der Waals surface area contributed by atoms with Gasteiger partial charge in [0.05, 0.1) is 6.04 Å². The number of rotatable bonds is 3. The van der Waals surface area contributed by atoms with Crippen molar-refractivity contribution in [3.63, 3.8) is 0 Å². The highest BCUT2D eigenvalue weighted by molar-refractivity contribution is 9.10. The molecule has 92 valence electrons. The van der Waals surface area contributed by atoms with Crippen molar-refractivity contribution in [3.8, 4) is 0 Å². The Hall–Kier alpha value is -0.600. The quantitative estimate of drug-likeness (QED) is 0.808. The highest BCUT2D eigenvalue weighted by Crippen LogP contribution is 2.31. The highest BCUT2D eigenvalue weighted by atomic mass is 79.9. The van der Waals surface area contributed by atoms with Crippen molar-refractivity contribution in [1.82, 2.24) is 5.32 Å². The van der Waals surface area contributed by atoms with E-state index < -0.39 is 0 Å². The van der Waals surface area contributed by atoms with Gasteiger partial charge >= 0.3 is 0 Å². The lowest BCUT2D eigenvalue weighted by atomic mass is 9.89. The van der Waals surface area contributed by atoms with Gasteiger partial charge < -0.3 is 5.32 Å². The van der Waals surface area contributed by atoms with Gasteiger partial charge in [-0.25, -0.2) is 0 Å². The predicted octanol–water partition coefficient (Wildman–Crippen LogP) is 4.52. The van der Waals surface area contributed by atoms with Gasteiger partial charge in [-0.2, -0.15) is 0 Å². The van der Waals surface area contributed by atoms with Crippen molar-refractivity contribution < 1.29 is 0 Å². The van der Waals surface area contributed by atoms with Crippen LogP contribution in [0.1, 0.15) is 42.9 Å². The average Bonchev–Trinajstić information content (AvgIpc) is 2.36. The maximum Gasteiger partial charge on any atom is 0.0533 e. The Morgan fingerprint density at radius 1 is 1.29 bits per heavy atom. The van der Waals surface area contributed by atoms with Gasteiger partial charge in [0.25, 0.3) is 0 Å². The maximum absolute atomic E-state index is 3.56. The summed E-state index contributed by atoms with van der Waals surface area (Å²) in [6.45, 7) is 2.15. The van der Waals surface area contributed by atoms with E-state index in [1.165, 1.54) is 41.3 Å². The van der Waals surface area contributed by atoms with Crippen molar-refractivity contribution in [1.29, 1.82) is 0 Å². The molecule has 17 heavy (non-hydrogen) atoms. The van der Waals surface area contributed by atoms with Crippen molar-refractivity contribution in [2.75, 3.05) is 7.05 Å². The second-order valence-electron chi connectivity index (χ2n) is 4.76. The van der Waals surface area contributed by atoms with Crippen molar-refractivity contribution >= 4 is 15.9 Å². The van der Waals surface area contributed by atoms with Gasteiger partial charge in [-0.3, -0.25) is 0 Å². The third-order valence-electron chi connectivity index (χ3n) is 3.50. The van der Waals surface area contributed by atoms with Crippen LogP contribution in [-0.2, 0) is 0 Å². The molecule has 1 nitrogen and oxygen atoms in total. The molecule has 0 saturated heterocycles. The van der Waals surface area contributed by atoms with E-state index in [1.54, 1.807) is 5.57 Å². The fraction of sp³-hybridized carbons (Fsp3) is 0.467. The zero-order valence-corrected chi connectivity index (χ0v) is 12.2. The Labute approximate surface area is 112 Å². The molecule has 1 aliphatic carbocycles. The van der Waals surface area contributed by atoms with Crippen LogP contribution in [0.5, 0.6) is 0 Å². The third-order valence-corrected chi connectivity index (χ3v) is 4.39. The van der Waals surface area contributed by atoms with Gasteiger partial charge in [0.2, 0.25) is 0 Å². The second-order valence-corrected chi connectivity index (χ2v) is 5.61. The molecule has 1 N–H and O–H groups in total. The van der Waals surface area contributed by atoms with Crippen LogP contribution < -0.4 is 5.32 Å². The molecule has 0 radical (unpaired) electrons. The molecule has 0 amide bonds. The summed E-state index contributed by atoms with van der Waals surface area (Å²) >= 11 is 3.56. The van der Waals surface area contributed by atoms with Crippen LogP contribution in [0.25, 0.3) is 0 Å². The molecule has 0 saturated carbocycles. The number of benzene rings is 1. The Bertz CT molecular complexity index is 423. The molecule has 1 aromatic rings. The summed E-state index contributed by atoms with van der Waals surface area (Å²) in [5.74, 6) is 0. The summed E-state index contributed by atoms with van der Waals surface area (Å²) in [6, 6.07) is 7.04. The lowest BCUT2D eigenvalue weighted by Gasteiger charge is -2.23. The minimum Gasteiger partial charge on any atom is -0.310 e. The van der Waals surface area contributed by atoms with Gasteiger partial charge in [-0.15, -0.1) is 0 Å². The first-order valence-electron chi connectivity index (χ1n) is 6.34. The molecule has 0 bridgehead atoms. The number of halogens is 1. The Kier molecular flexibility index (Phi) is 4.41. The molecule has 1 atom stereocenters. The number of aryl methyl sites for hydroxylation is 1. The molecule has 1 unspecified atom stereocenters. The van der Waals surface area contributed by atoms with Crippen LogP contribution in [0.2, 0.25) is 0 Å². The number of likely N-dealkylation sites (N-methyl/N-ethyl adjacent to an activating group) is 1. The fourth-order valence-corrected chi connectivity index (χ4v) is 2.79. The topological polar surface area (TPSA) is 12.0 Å². The predicted molar refractivity (Wildman–Crippen MR) is 77.2 cm³/mol. The van der Waals surface area contributed by atoms with Gasteiger partial charge in [0.1, 0.15) is 0 Å². The molecule has 2 heteroatoms. The number of allylic oxidation sites excluding steroid dienone is 1. The summed E-state index contributed by atoms with van der Waals surface area (Å²) in [5, 5.41) is 3.45. The average molecular weight is 294 g/mol. The van der Waals surface area contributed by atoms with Crippen molar-refractivity contribution in [3.05, 3.63) is 45.4 Å². The first kappa shape index (κ1) is 12.8. The molecule has 0 fully saturated rings. The van der Waals surface area contributed by atoms with E-state index >= 15 is 0 Å². The van der Waals surface area contributed by atoms with E-state index in [-0.39, 0.29) is 0 Å². The van der Waals surface area contributed by atoms with E-state index in [9.17, 15) is 0 Å². The van der Waals surface area contributed by atoms with Crippen LogP contribution in [-0.4, -0.2) is 7.05 Å². The minimum absolute atomic E-state index is 0.391. The standard InChI is InChI=1S/C15H20BrN/c1-11-10-13(8-9-14(11)16)15(17-2)12-6-4-3-5-7-12/h6,8-10,15,17H,3-5,7H2,1-2H3. The third kappa shape index (κ3) is 2.99. The summed E-state index contributed by atoms with van der Waals surface area (Å²) in [6.07, 6.45) is 7.57. The zero-order chi connectivity index (χ0) is 12.3. The fourth-order valence-electron chi connectivity index (χ4n) is 2.54. The molecule has 0 heterocycles. The Morgan fingerprint density at radius 2 is 2.12 bits per heavy atom. The lowest BCUT2D eigenvalue weighted by Crippen LogP contribution is -2.20. The van der Waals surface area contributed by atoms with E-state index in [0.717, 1.165) is 0 Å². The van der Waals surface area contributed by atoms with Crippen molar-refractivity contribution in [2.45, 2.75) is 38.6 Å².